The highest BCUT2D eigenvalue weighted by Gasteiger charge is 2.01. The van der Waals surface area contributed by atoms with E-state index >= 15 is 0 Å². The van der Waals surface area contributed by atoms with Crippen LogP contribution in [0, 0.1) is 0 Å². The predicted octanol–water partition coefficient (Wildman–Crippen LogP) is 2.81. The number of carbonyl (C=O) groups excluding carboxylic acids is 1. The highest BCUT2D eigenvalue weighted by molar-refractivity contribution is 5.83. The van der Waals surface area contributed by atoms with Crippen LogP contribution in [0.5, 0.6) is 5.75 Å². The van der Waals surface area contributed by atoms with Crippen LogP contribution in [-0.2, 0) is 4.79 Å². The Morgan fingerprint density at radius 1 is 1.13 bits per heavy atom. The summed E-state index contributed by atoms with van der Waals surface area (Å²) in [6.45, 7) is 1.72. The molecule has 0 saturated heterocycles. The summed E-state index contributed by atoms with van der Waals surface area (Å²) < 4.78 is 5.40. The van der Waals surface area contributed by atoms with Crippen LogP contribution in [0.15, 0.2) is 42.5 Å². The van der Waals surface area contributed by atoms with Gasteiger partial charge in [0.25, 0.3) is 0 Å². The number of hydrogen-bond acceptors (Lipinski definition) is 2. The molecule has 2 aromatic rings. The van der Waals surface area contributed by atoms with Gasteiger partial charge in [-0.15, -0.1) is 0 Å². The zero-order chi connectivity index (χ0) is 10.7. The van der Waals surface area contributed by atoms with Gasteiger partial charge in [-0.05, 0) is 29.8 Å². The molecule has 2 nitrogen and oxygen atoms in total. The van der Waals surface area contributed by atoms with E-state index in [1.54, 1.807) is 6.92 Å². The molecule has 0 aliphatic heterocycles. The lowest BCUT2D eigenvalue weighted by atomic mass is 10.1. The molecule has 1 unspecified atom stereocenters. The minimum absolute atomic E-state index is 0.397. The van der Waals surface area contributed by atoms with Crippen LogP contribution in [0.4, 0.5) is 0 Å². The van der Waals surface area contributed by atoms with Crippen LogP contribution in [0.1, 0.15) is 6.92 Å². The second kappa shape index (κ2) is 4.13. The van der Waals surface area contributed by atoms with Crippen molar-refractivity contribution in [1.82, 2.24) is 0 Å². The molecule has 0 spiro atoms. The van der Waals surface area contributed by atoms with Crippen molar-refractivity contribution in [3.8, 4) is 5.75 Å². The van der Waals surface area contributed by atoms with E-state index in [2.05, 4.69) is 0 Å². The van der Waals surface area contributed by atoms with E-state index < -0.39 is 6.10 Å². The number of rotatable bonds is 3. The third kappa shape index (κ3) is 2.15. The van der Waals surface area contributed by atoms with E-state index in [1.807, 2.05) is 42.5 Å². The Hall–Kier alpha value is -1.83. The first-order chi connectivity index (χ1) is 7.29. The number of fused-ring (bicyclic) bond motifs is 1. The lowest BCUT2D eigenvalue weighted by Gasteiger charge is -2.09. The van der Waals surface area contributed by atoms with E-state index in [-0.39, 0.29) is 0 Å². The van der Waals surface area contributed by atoms with Gasteiger partial charge in [0.15, 0.2) is 12.4 Å². The van der Waals surface area contributed by atoms with Crippen LogP contribution in [-0.4, -0.2) is 12.4 Å². The summed E-state index contributed by atoms with van der Waals surface area (Å²) >= 11 is 0. The van der Waals surface area contributed by atoms with Gasteiger partial charge in [0.2, 0.25) is 0 Å². The van der Waals surface area contributed by atoms with Crippen molar-refractivity contribution in [2.75, 3.05) is 0 Å². The van der Waals surface area contributed by atoms with Gasteiger partial charge in [0.05, 0.1) is 0 Å². The molecule has 0 aromatic heterocycles. The maximum absolute atomic E-state index is 10.4. The second-order valence-corrected chi connectivity index (χ2v) is 3.47. The van der Waals surface area contributed by atoms with Crippen molar-refractivity contribution in [3.05, 3.63) is 42.5 Å². The Morgan fingerprint density at radius 3 is 2.60 bits per heavy atom. The Kier molecular flexibility index (Phi) is 2.68. The SMILES string of the molecule is CC(C=O)Oc1ccc2ccccc2c1. The lowest BCUT2D eigenvalue weighted by molar-refractivity contribution is -0.113. The second-order valence-electron chi connectivity index (χ2n) is 3.47. The molecule has 0 N–H and O–H groups in total. The van der Waals surface area contributed by atoms with Crippen LogP contribution in [0.25, 0.3) is 10.8 Å². The molecular weight excluding hydrogens is 188 g/mol. The topological polar surface area (TPSA) is 26.3 Å². The quantitative estimate of drug-likeness (QED) is 0.712. The van der Waals surface area contributed by atoms with Gasteiger partial charge in [-0.2, -0.15) is 0 Å². The van der Waals surface area contributed by atoms with Gasteiger partial charge >= 0.3 is 0 Å². The highest BCUT2D eigenvalue weighted by Crippen LogP contribution is 2.20. The number of hydrogen-bond donors (Lipinski definition) is 0. The van der Waals surface area contributed by atoms with Crippen LogP contribution >= 0.6 is 0 Å². The molecule has 0 bridgehead atoms. The van der Waals surface area contributed by atoms with Crippen LogP contribution in [0.2, 0.25) is 0 Å². The summed E-state index contributed by atoms with van der Waals surface area (Å²) in [4.78, 5) is 10.4. The molecular formula is C13H12O2. The van der Waals surface area contributed by atoms with E-state index in [9.17, 15) is 4.79 Å². The van der Waals surface area contributed by atoms with Gasteiger partial charge < -0.3 is 4.74 Å². The number of benzene rings is 2. The van der Waals surface area contributed by atoms with Gasteiger partial charge in [0.1, 0.15) is 5.75 Å². The summed E-state index contributed by atoms with van der Waals surface area (Å²) in [6, 6.07) is 13.8. The molecule has 0 heterocycles. The molecule has 2 rings (SSSR count). The Balaban J connectivity index is 2.34. The normalized spacial score (nSPS) is 12.3. The minimum Gasteiger partial charge on any atom is -0.483 e. The van der Waals surface area contributed by atoms with Crippen LogP contribution in [0.3, 0.4) is 0 Å². The third-order valence-electron chi connectivity index (χ3n) is 2.23. The number of carbonyl (C=O) groups is 1. The van der Waals surface area contributed by atoms with E-state index in [0.29, 0.717) is 0 Å². The van der Waals surface area contributed by atoms with Gasteiger partial charge in [-0.1, -0.05) is 30.3 Å². The number of ether oxygens (including phenoxy) is 1. The average molecular weight is 200 g/mol. The Bertz CT molecular complexity index is 477. The maximum Gasteiger partial charge on any atom is 0.160 e. The fourth-order valence-corrected chi connectivity index (χ4v) is 1.48. The fourth-order valence-electron chi connectivity index (χ4n) is 1.48. The average Bonchev–Trinajstić information content (AvgIpc) is 2.29. The molecule has 0 aliphatic carbocycles. The summed E-state index contributed by atoms with van der Waals surface area (Å²) in [7, 11) is 0. The number of aldehydes is 1. The predicted molar refractivity (Wildman–Crippen MR) is 60.1 cm³/mol. The van der Waals surface area contributed by atoms with E-state index in [1.165, 1.54) is 5.39 Å². The summed E-state index contributed by atoms with van der Waals surface area (Å²) in [5, 5.41) is 2.29. The molecule has 1 atom stereocenters. The third-order valence-corrected chi connectivity index (χ3v) is 2.23. The summed E-state index contributed by atoms with van der Waals surface area (Å²) in [6.07, 6.45) is 0.390. The smallest absolute Gasteiger partial charge is 0.160 e. The zero-order valence-corrected chi connectivity index (χ0v) is 8.51. The molecule has 0 fully saturated rings. The molecule has 0 radical (unpaired) electrons. The van der Waals surface area contributed by atoms with Crippen molar-refractivity contribution in [1.29, 1.82) is 0 Å². The molecule has 0 aliphatic rings. The van der Waals surface area contributed by atoms with E-state index in [4.69, 9.17) is 4.74 Å². The molecule has 0 amide bonds. The summed E-state index contributed by atoms with van der Waals surface area (Å²) in [5.41, 5.74) is 0. The molecule has 2 aromatic carbocycles. The fraction of sp³-hybridized carbons (Fsp3) is 0.154. The molecule has 2 heteroatoms. The molecule has 76 valence electrons. The van der Waals surface area contributed by atoms with Gasteiger partial charge in [-0.25, -0.2) is 0 Å². The summed E-state index contributed by atoms with van der Waals surface area (Å²) in [5.74, 6) is 0.730. The standard InChI is InChI=1S/C13H12O2/c1-10(9-14)15-13-7-6-11-4-2-3-5-12(11)8-13/h2-10H,1H3. The minimum atomic E-state index is -0.397. The first kappa shape index (κ1) is 9.71. The Labute approximate surface area is 88.5 Å². The molecule has 0 saturated carbocycles. The van der Waals surface area contributed by atoms with Crippen molar-refractivity contribution in [3.63, 3.8) is 0 Å². The van der Waals surface area contributed by atoms with Crippen molar-refractivity contribution >= 4 is 17.1 Å². The monoisotopic (exact) mass is 200 g/mol. The largest absolute Gasteiger partial charge is 0.483 e. The van der Waals surface area contributed by atoms with E-state index in [0.717, 1.165) is 17.4 Å². The molecule has 15 heavy (non-hydrogen) atoms. The maximum atomic E-state index is 10.4. The van der Waals surface area contributed by atoms with Crippen molar-refractivity contribution < 1.29 is 9.53 Å². The van der Waals surface area contributed by atoms with Gasteiger partial charge in [0, 0.05) is 0 Å². The highest BCUT2D eigenvalue weighted by atomic mass is 16.5. The Morgan fingerprint density at radius 2 is 1.87 bits per heavy atom. The van der Waals surface area contributed by atoms with Gasteiger partial charge in [-0.3, -0.25) is 4.79 Å². The van der Waals surface area contributed by atoms with Crippen LogP contribution < -0.4 is 4.74 Å². The van der Waals surface area contributed by atoms with Crippen molar-refractivity contribution in [2.24, 2.45) is 0 Å². The first-order valence-electron chi connectivity index (χ1n) is 4.90. The zero-order valence-electron chi connectivity index (χ0n) is 8.51. The lowest BCUT2D eigenvalue weighted by Crippen LogP contribution is -2.12. The first-order valence-corrected chi connectivity index (χ1v) is 4.90. The van der Waals surface area contributed by atoms with Crippen molar-refractivity contribution in [2.45, 2.75) is 13.0 Å².